The Morgan fingerprint density at radius 1 is 0.292 bits per heavy atom. The summed E-state index contributed by atoms with van der Waals surface area (Å²) in [4.78, 5) is 19.0. The summed E-state index contributed by atoms with van der Waals surface area (Å²) in [5.74, 6) is 1.78. The average Bonchev–Trinajstić information content (AvgIpc) is 3.45. The highest BCUT2D eigenvalue weighted by atomic mass is 28.3. The van der Waals surface area contributed by atoms with Crippen LogP contribution in [0.5, 0.6) is 0 Å². The highest BCUT2D eigenvalue weighted by Gasteiger charge is 2.46. The fourth-order valence-electron chi connectivity index (χ4n) is 11.5. The molecule has 0 bridgehead atoms. The lowest BCUT2D eigenvalue weighted by atomic mass is 9.74. The summed E-state index contributed by atoms with van der Waals surface area (Å²) in [7, 11) is -6.34. The number of rotatable bonds is 11. The molecule has 6 heteroatoms. The van der Waals surface area contributed by atoms with Crippen molar-refractivity contribution >= 4 is 75.0 Å². The topological polar surface area (TPSA) is 41.9 Å². The van der Waals surface area contributed by atoms with Crippen molar-refractivity contribution in [3.63, 3.8) is 0 Å². The molecule has 2 heterocycles. The lowest BCUT2D eigenvalue weighted by Crippen LogP contribution is -2.78. The van der Waals surface area contributed by atoms with E-state index in [0.717, 1.165) is 22.5 Å². The summed E-state index contributed by atoms with van der Waals surface area (Å²) >= 11 is 0. The SMILES string of the molecule is CC1(C)c2ccccc2N(c2nc(-c3ccccc3)nc(-c3cc([Si](c4ccccc4)(c4ccccc4)c4ccccc4)cc([Si](c4ccccc4)(c4ccccc4)c4ccccc4)c3)n2)c2ccccc21. The molecule has 4 nitrogen and oxygen atoms in total. The van der Waals surface area contributed by atoms with E-state index in [1.165, 1.54) is 52.6 Å². The molecule has 0 spiro atoms. The molecule has 0 radical (unpaired) electrons. The van der Waals surface area contributed by atoms with E-state index >= 15 is 0 Å². The summed E-state index contributed by atoms with van der Waals surface area (Å²) in [5.41, 5.74) is 6.13. The van der Waals surface area contributed by atoms with Gasteiger partial charge >= 0.3 is 0 Å². The first kappa shape index (κ1) is 44.6. The third-order valence-corrected chi connectivity index (χ3v) is 24.3. The van der Waals surface area contributed by atoms with Gasteiger partial charge in [-0.2, -0.15) is 9.97 Å². The molecule has 0 unspecified atom stereocenters. The molecule has 1 aromatic heterocycles. The number of hydrogen-bond donors (Lipinski definition) is 0. The molecular formula is C66H52N4Si2. The van der Waals surface area contributed by atoms with Crippen LogP contribution in [0.4, 0.5) is 17.3 Å². The van der Waals surface area contributed by atoms with Gasteiger partial charge in [0.25, 0.3) is 0 Å². The monoisotopic (exact) mass is 956 g/mol. The standard InChI is InChI=1S/C66H52N4Si2/c1-66(2)59-42-24-26-44-61(59)70(62-45-27-25-43-60(62)66)65-68-63(49-28-10-3-11-29-49)67-64(69-65)50-46-57(71(51-30-12-4-13-31-51,52-32-14-5-15-33-52)53-34-16-6-17-35-53)48-58(47-50)72(54-36-18-7-19-37-54,55-38-20-8-21-39-55)56-40-22-9-23-41-56/h3-48H,1-2H3. The maximum atomic E-state index is 5.72. The smallest absolute Gasteiger partial charge is 0.238 e. The van der Waals surface area contributed by atoms with Crippen molar-refractivity contribution in [1.29, 1.82) is 0 Å². The molecule has 10 aromatic carbocycles. The zero-order chi connectivity index (χ0) is 48.5. The second-order valence-corrected chi connectivity index (χ2v) is 26.8. The Labute approximate surface area is 424 Å². The minimum Gasteiger partial charge on any atom is -0.278 e. The van der Waals surface area contributed by atoms with Gasteiger partial charge in [-0.05, 0) is 64.8 Å². The molecule has 0 amide bonds. The van der Waals surface area contributed by atoms with Gasteiger partial charge in [-0.25, -0.2) is 4.98 Å². The van der Waals surface area contributed by atoms with E-state index in [2.05, 4.69) is 292 Å². The molecule has 1 aliphatic heterocycles. The Balaban J connectivity index is 1.25. The van der Waals surface area contributed by atoms with Crippen LogP contribution in [0.25, 0.3) is 22.8 Å². The summed E-state index contributed by atoms with van der Waals surface area (Å²) in [6.07, 6.45) is 0. The van der Waals surface area contributed by atoms with E-state index in [1.807, 2.05) is 6.07 Å². The van der Waals surface area contributed by atoms with Gasteiger partial charge in [0.2, 0.25) is 5.95 Å². The average molecular weight is 957 g/mol. The van der Waals surface area contributed by atoms with Crippen molar-refractivity contribution in [2.45, 2.75) is 19.3 Å². The Bertz CT molecular complexity index is 3270. The highest BCUT2D eigenvalue weighted by molar-refractivity contribution is 7.22. The maximum absolute atomic E-state index is 5.72. The lowest BCUT2D eigenvalue weighted by molar-refractivity contribution is 0.630. The van der Waals surface area contributed by atoms with Gasteiger partial charge in [-0.3, -0.25) is 4.90 Å². The lowest BCUT2D eigenvalue weighted by Gasteiger charge is -2.41. The molecule has 11 aromatic rings. The Hall–Kier alpha value is -8.56. The summed E-state index contributed by atoms with van der Waals surface area (Å²) in [6.45, 7) is 4.63. The van der Waals surface area contributed by atoms with Gasteiger partial charge in [0, 0.05) is 16.5 Å². The number of aromatic nitrogens is 3. The summed E-state index contributed by atoms with van der Waals surface area (Å²) in [6, 6.07) is 103. The second-order valence-electron chi connectivity index (χ2n) is 19.1. The van der Waals surface area contributed by atoms with Crippen LogP contribution in [0.15, 0.2) is 279 Å². The first-order chi connectivity index (χ1) is 35.5. The van der Waals surface area contributed by atoms with Gasteiger partial charge in [0.1, 0.15) is 0 Å². The molecule has 72 heavy (non-hydrogen) atoms. The molecule has 0 aliphatic carbocycles. The second kappa shape index (κ2) is 18.6. The molecule has 0 atom stereocenters. The van der Waals surface area contributed by atoms with E-state index in [9.17, 15) is 0 Å². The molecular weight excluding hydrogens is 905 g/mol. The van der Waals surface area contributed by atoms with Gasteiger partial charge in [-0.15, -0.1) is 0 Å². The van der Waals surface area contributed by atoms with Crippen LogP contribution >= 0.6 is 0 Å². The van der Waals surface area contributed by atoms with Crippen molar-refractivity contribution in [3.8, 4) is 22.8 Å². The molecule has 1 aliphatic rings. The minimum absolute atomic E-state index is 0.258. The summed E-state index contributed by atoms with van der Waals surface area (Å²) < 4.78 is 0. The van der Waals surface area contributed by atoms with Crippen molar-refractivity contribution < 1.29 is 0 Å². The van der Waals surface area contributed by atoms with Gasteiger partial charge in [-0.1, -0.05) is 281 Å². The fourth-order valence-corrected chi connectivity index (χ4v) is 21.3. The van der Waals surface area contributed by atoms with E-state index < -0.39 is 16.1 Å². The number of benzene rings is 10. The van der Waals surface area contributed by atoms with Gasteiger partial charge in [0.05, 0.1) is 11.4 Å². The first-order valence-electron chi connectivity index (χ1n) is 24.8. The van der Waals surface area contributed by atoms with E-state index in [4.69, 9.17) is 15.0 Å². The molecule has 0 saturated heterocycles. The number of hydrogen-bond acceptors (Lipinski definition) is 4. The van der Waals surface area contributed by atoms with Crippen molar-refractivity contribution in [3.05, 3.63) is 290 Å². The third-order valence-electron chi connectivity index (χ3n) is 14.8. The minimum atomic E-state index is -3.17. The van der Waals surface area contributed by atoms with Crippen LogP contribution < -0.4 is 46.4 Å². The number of anilines is 3. The molecule has 0 fully saturated rings. The van der Waals surface area contributed by atoms with Crippen LogP contribution in [-0.4, -0.2) is 31.1 Å². The number of nitrogens with zero attached hydrogens (tertiary/aromatic N) is 4. The third kappa shape index (κ3) is 7.46. The van der Waals surface area contributed by atoms with Crippen LogP contribution in [0.3, 0.4) is 0 Å². The Kier molecular flexibility index (Phi) is 11.6. The van der Waals surface area contributed by atoms with Crippen LogP contribution in [0.2, 0.25) is 0 Å². The van der Waals surface area contributed by atoms with Crippen molar-refractivity contribution in [1.82, 2.24) is 15.0 Å². The Morgan fingerprint density at radius 2 is 0.583 bits per heavy atom. The van der Waals surface area contributed by atoms with Crippen LogP contribution in [0.1, 0.15) is 25.0 Å². The fraction of sp³-hybridized carbons (Fsp3) is 0.0455. The molecule has 0 saturated carbocycles. The normalized spacial score (nSPS) is 12.9. The van der Waals surface area contributed by atoms with Crippen LogP contribution in [0, 0.1) is 0 Å². The quantitative estimate of drug-likeness (QED) is 0.0957. The van der Waals surface area contributed by atoms with E-state index in [-0.39, 0.29) is 5.41 Å². The van der Waals surface area contributed by atoms with Crippen molar-refractivity contribution in [2.24, 2.45) is 0 Å². The molecule has 344 valence electrons. The predicted octanol–water partition coefficient (Wildman–Crippen LogP) is 10.1. The van der Waals surface area contributed by atoms with E-state index in [0.29, 0.717) is 17.6 Å². The summed E-state index contributed by atoms with van der Waals surface area (Å²) in [5, 5.41) is 10.3. The predicted molar refractivity (Wildman–Crippen MR) is 305 cm³/mol. The van der Waals surface area contributed by atoms with Crippen molar-refractivity contribution in [2.75, 3.05) is 4.90 Å². The maximum Gasteiger partial charge on any atom is 0.238 e. The van der Waals surface area contributed by atoms with Gasteiger partial charge in [0.15, 0.2) is 27.8 Å². The largest absolute Gasteiger partial charge is 0.278 e. The Morgan fingerprint density at radius 3 is 0.931 bits per heavy atom. The number of para-hydroxylation sites is 2. The zero-order valence-electron chi connectivity index (χ0n) is 40.3. The first-order valence-corrected chi connectivity index (χ1v) is 28.8. The number of fused-ring (bicyclic) bond motifs is 2. The van der Waals surface area contributed by atoms with Gasteiger partial charge < -0.3 is 0 Å². The highest BCUT2D eigenvalue weighted by Crippen LogP contribution is 2.51. The van der Waals surface area contributed by atoms with Crippen LogP contribution in [-0.2, 0) is 5.41 Å². The van der Waals surface area contributed by atoms with E-state index in [1.54, 1.807) is 0 Å². The zero-order valence-corrected chi connectivity index (χ0v) is 42.3. The molecule has 0 N–H and O–H groups in total. The molecule has 12 rings (SSSR count).